The minimum atomic E-state index is -0.566. The molecule has 4 nitrogen and oxygen atoms in total. The van der Waals surface area contributed by atoms with Gasteiger partial charge in [0.2, 0.25) is 0 Å². The number of nitrogens with zero attached hydrogens (tertiary/aromatic N) is 1. The maximum Gasteiger partial charge on any atom is 0.254 e. The van der Waals surface area contributed by atoms with Crippen LogP contribution in [0.5, 0.6) is 0 Å². The average molecular weight is 293 g/mol. The topological polar surface area (TPSA) is 54.0 Å². The van der Waals surface area contributed by atoms with Crippen molar-refractivity contribution in [2.75, 3.05) is 18.4 Å². The monoisotopic (exact) mass is 293 g/mol. The second-order valence-electron chi connectivity index (χ2n) is 5.94. The lowest BCUT2D eigenvalue weighted by atomic mass is 10.1. The maximum absolute atomic E-state index is 14.2. The molecule has 1 heterocycles. The van der Waals surface area contributed by atoms with Crippen molar-refractivity contribution in [2.45, 2.75) is 39.5 Å². The molecule has 2 unspecified atom stereocenters. The highest BCUT2D eigenvalue weighted by atomic mass is 19.1. The quantitative estimate of drug-likeness (QED) is 0.847. The van der Waals surface area contributed by atoms with Crippen LogP contribution < -0.4 is 10.6 Å². The van der Waals surface area contributed by atoms with Crippen LogP contribution in [0.15, 0.2) is 12.3 Å². The van der Waals surface area contributed by atoms with E-state index in [1.54, 1.807) is 0 Å². The zero-order valence-corrected chi connectivity index (χ0v) is 12.8. The molecule has 116 valence electrons. The van der Waals surface area contributed by atoms with Crippen LogP contribution in [0.1, 0.15) is 49.9 Å². The van der Waals surface area contributed by atoms with Crippen LogP contribution in [0.4, 0.5) is 10.2 Å². The molecule has 21 heavy (non-hydrogen) atoms. The largest absolute Gasteiger partial charge is 0.368 e. The lowest BCUT2D eigenvalue weighted by Crippen LogP contribution is -2.29. The summed E-state index contributed by atoms with van der Waals surface area (Å²) in [5.74, 6) is 0.483. The van der Waals surface area contributed by atoms with Crippen molar-refractivity contribution in [1.29, 1.82) is 0 Å². The van der Waals surface area contributed by atoms with E-state index in [0.717, 1.165) is 25.2 Å². The molecule has 5 heteroatoms. The third kappa shape index (κ3) is 4.16. The summed E-state index contributed by atoms with van der Waals surface area (Å²) in [5, 5.41) is 5.75. The van der Waals surface area contributed by atoms with Gasteiger partial charge in [-0.05, 0) is 37.2 Å². The van der Waals surface area contributed by atoms with Crippen LogP contribution in [0, 0.1) is 17.7 Å². The summed E-state index contributed by atoms with van der Waals surface area (Å²) in [6.45, 7) is 5.48. The van der Waals surface area contributed by atoms with Crippen molar-refractivity contribution in [3.8, 4) is 0 Å². The Labute approximate surface area is 125 Å². The highest BCUT2D eigenvalue weighted by Gasteiger charge is 2.22. The van der Waals surface area contributed by atoms with E-state index in [1.165, 1.54) is 18.7 Å². The van der Waals surface area contributed by atoms with Crippen molar-refractivity contribution in [3.63, 3.8) is 0 Å². The van der Waals surface area contributed by atoms with Crippen molar-refractivity contribution >= 4 is 11.7 Å². The predicted molar refractivity (Wildman–Crippen MR) is 81.8 cm³/mol. The molecule has 1 aliphatic carbocycles. The van der Waals surface area contributed by atoms with Crippen molar-refractivity contribution < 1.29 is 9.18 Å². The molecule has 2 N–H and O–H groups in total. The van der Waals surface area contributed by atoms with E-state index in [-0.39, 0.29) is 17.3 Å². The first-order valence-corrected chi connectivity index (χ1v) is 7.78. The van der Waals surface area contributed by atoms with Gasteiger partial charge in [-0.3, -0.25) is 4.79 Å². The molecule has 1 aliphatic rings. The van der Waals surface area contributed by atoms with Crippen molar-refractivity contribution in [3.05, 3.63) is 23.6 Å². The normalized spacial score (nSPS) is 21.3. The fraction of sp³-hybridized carbons (Fsp3) is 0.625. The molecule has 1 amide bonds. The zero-order valence-electron chi connectivity index (χ0n) is 12.8. The average Bonchev–Trinajstić information content (AvgIpc) is 2.89. The van der Waals surface area contributed by atoms with Crippen LogP contribution in [0.2, 0.25) is 0 Å². The first kappa shape index (κ1) is 15.7. The van der Waals surface area contributed by atoms with Crippen LogP contribution >= 0.6 is 0 Å². The minimum absolute atomic E-state index is 0.0645. The summed E-state index contributed by atoms with van der Waals surface area (Å²) >= 11 is 0. The van der Waals surface area contributed by atoms with Gasteiger partial charge in [-0.1, -0.05) is 20.3 Å². The van der Waals surface area contributed by atoms with E-state index in [1.807, 2.05) is 6.92 Å². The molecule has 1 saturated carbocycles. The first-order valence-electron chi connectivity index (χ1n) is 7.78. The maximum atomic E-state index is 14.2. The standard InChI is InChI=1S/C16H24FN3O/c1-3-7-18-15-14(17)13(6-8-19-15)16(21)20-10-12-5-4-11(2)9-12/h6,8,11-12H,3-5,7,9-10H2,1-2H3,(H,18,19)(H,20,21). The van der Waals surface area contributed by atoms with Gasteiger partial charge in [0.05, 0.1) is 5.56 Å². The summed E-state index contributed by atoms with van der Waals surface area (Å²) in [4.78, 5) is 16.1. The smallest absolute Gasteiger partial charge is 0.254 e. The van der Waals surface area contributed by atoms with E-state index < -0.39 is 5.82 Å². The number of carbonyl (C=O) groups excluding carboxylic acids is 1. The number of halogens is 1. The Hall–Kier alpha value is -1.65. The number of nitrogens with one attached hydrogen (secondary N) is 2. The number of pyridine rings is 1. The molecule has 1 fully saturated rings. The summed E-state index contributed by atoms with van der Waals surface area (Å²) in [6, 6.07) is 1.43. The van der Waals surface area contributed by atoms with E-state index in [4.69, 9.17) is 0 Å². The highest BCUT2D eigenvalue weighted by Crippen LogP contribution is 2.29. The van der Waals surface area contributed by atoms with Gasteiger partial charge < -0.3 is 10.6 Å². The fourth-order valence-electron chi connectivity index (χ4n) is 2.83. The van der Waals surface area contributed by atoms with Crippen LogP contribution in [-0.2, 0) is 0 Å². The molecule has 0 aromatic carbocycles. The molecular weight excluding hydrogens is 269 g/mol. The van der Waals surface area contributed by atoms with Gasteiger partial charge in [0.15, 0.2) is 11.6 Å². The summed E-state index contributed by atoms with van der Waals surface area (Å²) in [5.41, 5.74) is 0.0645. The second kappa shape index (κ2) is 7.38. The van der Waals surface area contributed by atoms with E-state index in [0.29, 0.717) is 19.0 Å². The summed E-state index contributed by atoms with van der Waals surface area (Å²) in [7, 11) is 0. The molecule has 0 aliphatic heterocycles. The molecule has 0 spiro atoms. The lowest BCUT2D eigenvalue weighted by Gasteiger charge is -2.12. The molecule has 2 rings (SSSR count). The molecule has 0 bridgehead atoms. The Morgan fingerprint density at radius 3 is 2.95 bits per heavy atom. The summed E-state index contributed by atoms with van der Waals surface area (Å²) < 4.78 is 14.2. The Bertz CT molecular complexity index is 492. The number of aromatic nitrogens is 1. The van der Waals surface area contributed by atoms with Gasteiger partial charge in [0, 0.05) is 19.3 Å². The van der Waals surface area contributed by atoms with E-state index in [2.05, 4.69) is 22.5 Å². The first-order chi connectivity index (χ1) is 10.1. The molecular formula is C16H24FN3O. The highest BCUT2D eigenvalue weighted by molar-refractivity contribution is 5.95. The third-order valence-corrected chi connectivity index (χ3v) is 4.03. The number of anilines is 1. The Balaban J connectivity index is 1.95. The van der Waals surface area contributed by atoms with Gasteiger partial charge in [-0.25, -0.2) is 9.37 Å². The van der Waals surface area contributed by atoms with Crippen molar-refractivity contribution in [1.82, 2.24) is 10.3 Å². The number of amides is 1. The number of hydrogen-bond donors (Lipinski definition) is 2. The Morgan fingerprint density at radius 2 is 2.29 bits per heavy atom. The van der Waals surface area contributed by atoms with Gasteiger partial charge in [-0.2, -0.15) is 0 Å². The molecule has 2 atom stereocenters. The molecule has 0 saturated heterocycles. The zero-order chi connectivity index (χ0) is 15.2. The number of hydrogen-bond acceptors (Lipinski definition) is 3. The number of carbonyl (C=O) groups is 1. The Kier molecular flexibility index (Phi) is 5.53. The SMILES string of the molecule is CCCNc1nccc(C(=O)NCC2CCC(C)C2)c1F. The van der Waals surface area contributed by atoms with Crippen LogP contribution in [0.25, 0.3) is 0 Å². The second-order valence-corrected chi connectivity index (χ2v) is 5.94. The van der Waals surface area contributed by atoms with Crippen LogP contribution in [0.3, 0.4) is 0 Å². The molecule has 0 radical (unpaired) electrons. The van der Waals surface area contributed by atoms with Crippen LogP contribution in [-0.4, -0.2) is 24.0 Å². The van der Waals surface area contributed by atoms with Gasteiger partial charge in [-0.15, -0.1) is 0 Å². The molecule has 1 aromatic heterocycles. The minimum Gasteiger partial charge on any atom is -0.368 e. The number of rotatable bonds is 6. The van der Waals surface area contributed by atoms with Gasteiger partial charge >= 0.3 is 0 Å². The predicted octanol–water partition coefficient (Wildman–Crippen LogP) is 3.21. The third-order valence-electron chi connectivity index (χ3n) is 4.03. The summed E-state index contributed by atoms with van der Waals surface area (Å²) in [6.07, 6.45) is 5.84. The van der Waals surface area contributed by atoms with Crippen molar-refractivity contribution in [2.24, 2.45) is 11.8 Å². The Morgan fingerprint density at radius 1 is 1.48 bits per heavy atom. The van der Waals surface area contributed by atoms with E-state index in [9.17, 15) is 9.18 Å². The van der Waals surface area contributed by atoms with E-state index >= 15 is 0 Å². The fourth-order valence-corrected chi connectivity index (χ4v) is 2.83. The molecule has 1 aromatic rings. The van der Waals surface area contributed by atoms with Gasteiger partial charge in [0.1, 0.15) is 0 Å². The lowest BCUT2D eigenvalue weighted by molar-refractivity contribution is 0.0943. The van der Waals surface area contributed by atoms with Gasteiger partial charge in [0.25, 0.3) is 5.91 Å².